The van der Waals surface area contributed by atoms with Gasteiger partial charge in [0.05, 0.1) is 18.7 Å². The molecule has 0 saturated heterocycles. The average molecular weight is 249 g/mol. The summed E-state index contributed by atoms with van der Waals surface area (Å²) in [6.45, 7) is 2.25. The number of aryl methyl sites for hydroxylation is 1. The lowest BCUT2D eigenvalue weighted by atomic mass is 10.1. The highest BCUT2D eigenvalue weighted by molar-refractivity contribution is 5.69. The maximum Gasteiger partial charge on any atom is 0.309 e. The van der Waals surface area contributed by atoms with Crippen LogP contribution in [0.3, 0.4) is 0 Å². The zero-order valence-corrected chi connectivity index (χ0v) is 9.80. The van der Waals surface area contributed by atoms with Crippen molar-refractivity contribution in [1.82, 2.24) is 15.0 Å². The molecule has 0 spiro atoms. The molecule has 0 aliphatic heterocycles. The first-order valence-electron chi connectivity index (χ1n) is 5.40. The molecule has 6 heteroatoms. The van der Waals surface area contributed by atoms with E-state index in [-0.39, 0.29) is 12.2 Å². The molecule has 0 amide bonds. The molecule has 0 radical (unpaired) electrons. The maximum atomic E-state index is 13.1. The van der Waals surface area contributed by atoms with Gasteiger partial charge in [-0.25, -0.2) is 9.07 Å². The Morgan fingerprint density at radius 1 is 1.50 bits per heavy atom. The van der Waals surface area contributed by atoms with Crippen LogP contribution >= 0.6 is 0 Å². The van der Waals surface area contributed by atoms with E-state index in [2.05, 4.69) is 10.3 Å². The fourth-order valence-electron chi connectivity index (χ4n) is 1.64. The van der Waals surface area contributed by atoms with Crippen LogP contribution in [0.25, 0.3) is 0 Å². The molecule has 0 bridgehead atoms. The molecule has 18 heavy (non-hydrogen) atoms. The number of aliphatic carboxylic acids is 1. The van der Waals surface area contributed by atoms with Crippen LogP contribution in [0, 0.1) is 12.7 Å². The van der Waals surface area contributed by atoms with Crippen LogP contribution < -0.4 is 0 Å². The topological polar surface area (TPSA) is 68.0 Å². The van der Waals surface area contributed by atoms with Crippen molar-refractivity contribution < 1.29 is 14.3 Å². The summed E-state index contributed by atoms with van der Waals surface area (Å²) in [5.41, 5.74) is 2.13. The number of carboxylic acid groups (broad SMARTS) is 1. The monoisotopic (exact) mass is 249 g/mol. The molecule has 0 saturated carbocycles. The maximum absolute atomic E-state index is 13.1. The van der Waals surface area contributed by atoms with Crippen molar-refractivity contribution in [3.8, 4) is 0 Å². The van der Waals surface area contributed by atoms with E-state index < -0.39 is 5.97 Å². The normalized spacial score (nSPS) is 10.6. The Kier molecular flexibility index (Phi) is 3.36. The van der Waals surface area contributed by atoms with Crippen molar-refractivity contribution in [2.24, 2.45) is 0 Å². The molecule has 1 heterocycles. The van der Waals surface area contributed by atoms with Crippen molar-refractivity contribution >= 4 is 5.97 Å². The van der Waals surface area contributed by atoms with Crippen molar-refractivity contribution in [2.45, 2.75) is 19.9 Å². The SMILES string of the molecule is Cc1ccc(F)cc1Cn1cc(CC(=O)O)nn1. The minimum Gasteiger partial charge on any atom is -0.481 e. The molecular weight excluding hydrogens is 237 g/mol. The third kappa shape index (κ3) is 2.91. The Bertz CT molecular complexity index is 580. The highest BCUT2D eigenvalue weighted by atomic mass is 19.1. The van der Waals surface area contributed by atoms with Gasteiger partial charge >= 0.3 is 5.97 Å². The second kappa shape index (κ2) is 4.95. The van der Waals surface area contributed by atoms with E-state index in [9.17, 15) is 9.18 Å². The molecule has 1 N–H and O–H groups in total. The highest BCUT2D eigenvalue weighted by Gasteiger charge is 2.07. The zero-order chi connectivity index (χ0) is 13.1. The predicted molar refractivity (Wildman–Crippen MR) is 61.6 cm³/mol. The third-order valence-corrected chi connectivity index (χ3v) is 2.56. The van der Waals surface area contributed by atoms with Crippen LogP contribution in [0.2, 0.25) is 0 Å². The summed E-state index contributed by atoms with van der Waals surface area (Å²) in [7, 11) is 0. The Morgan fingerprint density at radius 2 is 2.28 bits per heavy atom. The summed E-state index contributed by atoms with van der Waals surface area (Å²) < 4.78 is 14.6. The molecule has 0 atom stereocenters. The van der Waals surface area contributed by atoms with Gasteiger partial charge in [0.15, 0.2) is 0 Å². The summed E-state index contributed by atoms with van der Waals surface area (Å²) in [5, 5.41) is 16.2. The van der Waals surface area contributed by atoms with Gasteiger partial charge in [-0.15, -0.1) is 5.10 Å². The molecule has 0 fully saturated rings. The van der Waals surface area contributed by atoms with E-state index in [0.717, 1.165) is 11.1 Å². The molecule has 1 aromatic heterocycles. The number of carboxylic acids is 1. The van der Waals surface area contributed by atoms with Gasteiger partial charge in [-0.05, 0) is 30.2 Å². The Hall–Kier alpha value is -2.24. The van der Waals surface area contributed by atoms with Crippen LogP contribution in [0.1, 0.15) is 16.8 Å². The Morgan fingerprint density at radius 3 is 3.00 bits per heavy atom. The molecular formula is C12H12FN3O2. The van der Waals surface area contributed by atoms with Gasteiger partial charge < -0.3 is 5.11 Å². The first kappa shape index (κ1) is 12.2. The second-order valence-corrected chi connectivity index (χ2v) is 4.05. The predicted octanol–water partition coefficient (Wildman–Crippen LogP) is 1.40. The third-order valence-electron chi connectivity index (χ3n) is 2.56. The molecule has 94 valence electrons. The molecule has 0 aliphatic rings. The largest absolute Gasteiger partial charge is 0.481 e. The van der Waals surface area contributed by atoms with Gasteiger partial charge in [-0.3, -0.25) is 4.79 Å². The summed E-state index contributed by atoms with van der Waals surface area (Å²) >= 11 is 0. The number of carbonyl (C=O) groups is 1. The van der Waals surface area contributed by atoms with E-state index in [0.29, 0.717) is 12.2 Å². The molecule has 2 rings (SSSR count). The lowest BCUT2D eigenvalue weighted by Gasteiger charge is -2.05. The number of hydrogen-bond acceptors (Lipinski definition) is 3. The average Bonchev–Trinajstić information content (AvgIpc) is 2.70. The van der Waals surface area contributed by atoms with E-state index in [4.69, 9.17) is 5.11 Å². The number of halogens is 1. The van der Waals surface area contributed by atoms with Crippen molar-refractivity contribution in [1.29, 1.82) is 0 Å². The summed E-state index contributed by atoms with van der Waals surface area (Å²) in [5.74, 6) is -1.26. The summed E-state index contributed by atoms with van der Waals surface area (Å²) in [4.78, 5) is 10.5. The summed E-state index contributed by atoms with van der Waals surface area (Å²) in [6, 6.07) is 4.53. The molecule has 2 aromatic rings. The minimum absolute atomic E-state index is 0.165. The van der Waals surface area contributed by atoms with Gasteiger partial charge in [0.1, 0.15) is 5.82 Å². The van der Waals surface area contributed by atoms with E-state index in [1.54, 1.807) is 12.3 Å². The molecule has 0 unspecified atom stereocenters. The molecule has 0 aliphatic carbocycles. The van der Waals surface area contributed by atoms with Gasteiger partial charge in [0.2, 0.25) is 0 Å². The van der Waals surface area contributed by atoms with Crippen LogP contribution in [0.4, 0.5) is 4.39 Å². The van der Waals surface area contributed by atoms with Crippen molar-refractivity contribution in [3.63, 3.8) is 0 Å². The van der Waals surface area contributed by atoms with Crippen LogP contribution in [-0.4, -0.2) is 26.1 Å². The van der Waals surface area contributed by atoms with E-state index >= 15 is 0 Å². The standard InChI is InChI=1S/C12H12FN3O2/c1-8-2-3-10(13)4-9(8)6-16-7-11(14-15-16)5-12(17)18/h2-4,7H,5-6H2,1H3,(H,17,18). The summed E-state index contributed by atoms with van der Waals surface area (Å²) in [6.07, 6.45) is 1.39. The number of rotatable bonds is 4. The zero-order valence-electron chi connectivity index (χ0n) is 9.80. The van der Waals surface area contributed by atoms with Crippen LogP contribution in [-0.2, 0) is 17.8 Å². The fourth-order valence-corrected chi connectivity index (χ4v) is 1.64. The highest BCUT2D eigenvalue weighted by Crippen LogP contribution is 2.11. The second-order valence-electron chi connectivity index (χ2n) is 4.05. The first-order chi connectivity index (χ1) is 8.54. The van der Waals surface area contributed by atoms with Crippen LogP contribution in [0.15, 0.2) is 24.4 Å². The lowest BCUT2D eigenvalue weighted by molar-refractivity contribution is -0.136. The van der Waals surface area contributed by atoms with Gasteiger partial charge in [-0.2, -0.15) is 0 Å². The van der Waals surface area contributed by atoms with Crippen molar-refractivity contribution in [3.05, 3.63) is 47.0 Å². The fraction of sp³-hybridized carbons (Fsp3) is 0.250. The van der Waals surface area contributed by atoms with Gasteiger partial charge in [0.25, 0.3) is 0 Å². The lowest BCUT2D eigenvalue weighted by Crippen LogP contribution is -2.03. The van der Waals surface area contributed by atoms with Gasteiger partial charge in [-0.1, -0.05) is 11.3 Å². The Labute approximate surface area is 103 Å². The smallest absolute Gasteiger partial charge is 0.309 e. The number of benzene rings is 1. The van der Waals surface area contributed by atoms with E-state index in [1.807, 2.05) is 6.92 Å². The van der Waals surface area contributed by atoms with E-state index in [1.165, 1.54) is 16.8 Å². The number of nitrogens with zero attached hydrogens (tertiary/aromatic N) is 3. The number of aromatic nitrogens is 3. The molecule has 1 aromatic carbocycles. The van der Waals surface area contributed by atoms with Crippen molar-refractivity contribution in [2.75, 3.05) is 0 Å². The number of hydrogen-bond donors (Lipinski definition) is 1. The minimum atomic E-state index is -0.955. The quantitative estimate of drug-likeness (QED) is 0.889. The molecule has 5 nitrogen and oxygen atoms in total. The van der Waals surface area contributed by atoms with Gasteiger partial charge in [0, 0.05) is 6.20 Å². The first-order valence-corrected chi connectivity index (χ1v) is 5.40. The van der Waals surface area contributed by atoms with Crippen LogP contribution in [0.5, 0.6) is 0 Å². The Balaban J connectivity index is 2.16.